The fourth-order valence-corrected chi connectivity index (χ4v) is 1.32. The molecule has 1 rings (SSSR count). The van der Waals surface area contributed by atoms with Crippen molar-refractivity contribution < 1.29 is 9.59 Å². The second-order valence-corrected chi connectivity index (χ2v) is 3.36. The molecule has 0 aliphatic heterocycles. The van der Waals surface area contributed by atoms with Gasteiger partial charge in [-0.25, -0.2) is 4.79 Å². The van der Waals surface area contributed by atoms with Crippen molar-refractivity contribution in [1.29, 1.82) is 0 Å². The maximum atomic E-state index is 11.2. The summed E-state index contributed by atoms with van der Waals surface area (Å²) >= 11 is 0. The van der Waals surface area contributed by atoms with Gasteiger partial charge in [0.15, 0.2) is 5.78 Å². The summed E-state index contributed by atoms with van der Waals surface area (Å²) < 4.78 is 0. The lowest BCUT2D eigenvalue weighted by atomic mass is 10.0. The summed E-state index contributed by atoms with van der Waals surface area (Å²) in [5, 5.41) is 2.42. The Morgan fingerprint density at radius 1 is 1.33 bits per heavy atom. The highest BCUT2D eigenvalue weighted by atomic mass is 16.2. The smallest absolute Gasteiger partial charge is 0.312 e. The number of urea groups is 1. The monoisotopic (exact) mass is 206 g/mol. The van der Waals surface area contributed by atoms with Gasteiger partial charge in [-0.05, 0) is 18.9 Å². The van der Waals surface area contributed by atoms with Crippen LogP contribution in [0.2, 0.25) is 0 Å². The summed E-state index contributed by atoms with van der Waals surface area (Å²) in [5.41, 5.74) is 5.97. The molecule has 0 radical (unpaired) electrons. The Bertz CT molecular complexity index is 349. The van der Waals surface area contributed by atoms with Gasteiger partial charge in [-0.1, -0.05) is 30.3 Å². The lowest BCUT2D eigenvalue weighted by Crippen LogP contribution is -2.44. The topological polar surface area (TPSA) is 72.2 Å². The highest BCUT2D eigenvalue weighted by molar-refractivity contribution is 5.86. The minimum absolute atomic E-state index is 0.0994. The Balaban J connectivity index is 2.67. The Kier molecular flexibility index (Phi) is 3.85. The fourth-order valence-electron chi connectivity index (χ4n) is 1.32. The Morgan fingerprint density at radius 3 is 2.40 bits per heavy atom. The van der Waals surface area contributed by atoms with Gasteiger partial charge in [-0.15, -0.1) is 0 Å². The van der Waals surface area contributed by atoms with Crippen LogP contribution in [-0.2, 0) is 11.2 Å². The molecule has 0 aliphatic carbocycles. The van der Waals surface area contributed by atoms with E-state index in [1.54, 1.807) is 0 Å². The summed E-state index contributed by atoms with van der Waals surface area (Å²) in [7, 11) is 0. The second-order valence-electron chi connectivity index (χ2n) is 3.36. The van der Waals surface area contributed by atoms with Crippen molar-refractivity contribution in [1.82, 2.24) is 5.32 Å². The third-order valence-electron chi connectivity index (χ3n) is 2.09. The fraction of sp³-hybridized carbons (Fsp3) is 0.273. The molecule has 80 valence electrons. The summed E-state index contributed by atoms with van der Waals surface area (Å²) in [6.45, 7) is 1.43. The molecule has 0 spiro atoms. The number of Topliss-reactive ketones (excluding diaryl/α,β-unsaturated/α-hetero) is 1. The van der Waals surface area contributed by atoms with Gasteiger partial charge in [-0.2, -0.15) is 0 Å². The van der Waals surface area contributed by atoms with Gasteiger partial charge in [0, 0.05) is 0 Å². The SMILES string of the molecule is CC(=O)[C@H](Cc1ccccc1)NC(N)=O. The average molecular weight is 206 g/mol. The van der Waals surface area contributed by atoms with E-state index in [9.17, 15) is 9.59 Å². The van der Waals surface area contributed by atoms with Crippen LogP contribution in [0.15, 0.2) is 30.3 Å². The zero-order valence-corrected chi connectivity index (χ0v) is 8.57. The molecular weight excluding hydrogens is 192 g/mol. The molecule has 0 fully saturated rings. The molecule has 0 heterocycles. The lowest BCUT2D eigenvalue weighted by molar-refractivity contribution is -0.118. The van der Waals surface area contributed by atoms with E-state index in [0.717, 1.165) is 5.56 Å². The van der Waals surface area contributed by atoms with Crippen molar-refractivity contribution in [2.24, 2.45) is 5.73 Å². The molecule has 0 bridgehead atoms. The van der Waals surface area contributed by atoms with Crippen LogP contribution in [0.1, 0.15) is 12.5 Å². The zero-order valence-electron chi connectivity index (χ0n) is 8.57. The first-order valence-corrected chi connectivity index (χ1v) is 4.70. The molecule has 1 atom stereocenters. The molecule has 0 aromatic heterocycles. The third kappa shape index (κ3) is 3.81. The van der Waals surface area contributed by atoms with Crippen LogP contribution in [0.25, 0.3) is 0 Å². The highest BCUT2D eigenvalue weighted by Gasteiger charge is 2.15. The van der Waals surface area contributed by atoms with Crippen LogP contribution in [-0.4, -0.2) is 17.9 Å². The third-order valence-corrected chi connectivity index (χ3v) is 2.09. The molecule has 0 saturated carbocycles. The van der Waals surface area contributed by atoms with Crippen molar-refractivity contribution in [3.8, 4) is 0 Å². The van der Waals surface area contributed by atoms with Gasteiger partial charge in [0.2, 0.25) is 0 Å². The van der Waals surface area contributed by atoms with Gasteiger partial charge < -0.3 is 11.1 Å². The number of primary amides is 1. The summed E-state index contributed by atoms with van der Waals surface area (Å²) in [6, 6.07) is 8.26. The number of carbonyl (C=O) groups is 2. The number of carbonyl (C=O) groups excluding carboxylic acids is 2. The van der Waals surface area contributed by atoms with E-state index in [1.807, 2.05) is 30.3 Å². The number of hydrogen-bond donors (Lipinski definition) is 2. The molecule has 15 heavy (non-hydrogen) atoms. The first kappa shape index (κ1) is 11.2. The number of benzene rings is 1. The summed E-state index contributed by atoms with van der Waals surface area (Å²) in [5.74, 6) is -0.0994. The van der Waals surface area contributed by atoms with E-state index >= 15 is 0 Å². The molecular formula is C11H14N2O2. The molecule has 1 aromatic rings. The van der Waals surface area contributed by atoms with E-state index < -0.39 is 12.1 Å². The highest BCUT2D eigenvalue weighted by Crippen LogP contribution is 2.03. The average Bonchev–Trinajstić information content (AvgIpc) is 2.17. The Morgan fingerprint density at radius 2 is 1.93 bits per heavy atom. The van der Waals surface area contributed by atoms with Crippen molar-refractivity contribution in [2.75, 3.05) is 0 Å². The Labute approximate surface area is 88.5 Å². The molecule has 2 amide bonds. The van der Waals surface area contributed by atoms with Gasteiger partial charge in [0.25, 0.3) is 0 Å². The maximum Gasteiger partial charge on any atom is 0.312 e. The van der Waals surface area contributed by atoms with E-state index in [4.69, 9.17) is 5.73 Å². The normalized spacial score (nSPS) is 11.8. The number of ketones is 1. The summed E-state index contributed by atoms with van der Waals surface area (Å²) in [4.78, 5) is 21.9. The first-order valence-electron chi connectivity index (χ1n) is 4.70. The quantitative estimate of drug-likeness (QED) is 0.766. The minimum atomic E-state index is -0.675. The Hall–Kier alpha value is -1.84. The number of hydrogen-bond acceptors (Lipinski definition) is 2. The van der Waals surface area contributed by atoms with E-state index in [2.05, 4.69) is 5.32 Å². The molecule has 3 N–H and O–H groups in total. The number of rotatable bonds is 4. The van der Waals surface area contributed by atoms with Gasteiger partial charge >= 0.3 is 6.03 Å². The van der Waals surface area contributed by atoms with Crippen molar-refractivity contribution in [2.45, 2.75) is 19.4 Å². The molecule has 4 heteroatoms. The standard InChI is InChI=1S/C11H14N2O2/c1-8(14)10(13-11(12)15)7-9-5-3-2-4-6-9/h2-6,10H,7H2,1H3,(H3,12,13,15)/t10-/m0/s1. The van der Waals surface area contributed by atoms with Crippen LogP contribution < -0.4 is 11.1 Å². The minimum Gasteiger partial charge on any atom is -0.352 e. The van der Waals surface area contributed by atoms with Crippen LogP contribution in [0.4, 0.5) is 4.79 Å². The molecule has 0 aliphatic rings. The van der Waals surface area contributed by atoms with Crippen LogP contribution in [0.5, 0.6) is 0 Å². The van der Waals surface area contributed by atoms with Gasteiger partial charge in [0.1, 0.15) is 0 Å². The molecule has 0 saturated heterocycles. The lowest BCUT2D eigenvalue weighted by Gasteiger charge is -2.13. The first-order chi connectivity index (χ1) is 7.09. The van der Waals surface area contributed by atoms with Crippen molar-refractivity contribution in [3.05, 3.63) is 35.9 Å². The molecule has 4 nitrogen and oxygen atoms in total. The summed E-state index contributed by atoms with van der Waals surface area (Å²) in [6.07, 6.45) is 0.471. The van der Waals surface area contributed by atoms with Crippen LogP contribution in [0, 0.1) is 0 Å². The van der Waals surface area contributed by atoms with E-state index in [-0.39, 0.29) is 5.78 Å². The predicted octanol–water partition coefficient (Wildman–Crippen LogP) is 0.855. The number of amides is 2. The second kappa shape index (κ2) is 5.14. The zero-order chi connectivity index (χ0) is 11.3. The van der Waals surface area contributed by atoms with Crippen molar-refractivity contribution >= 4 is 11.8 Å². The van der Waals surface area contributed by atoms with Crippen LogP contribution in [0.3, 0.4) is 0 Å². The van der Waals surface area contributed by atoms with Gasteiger partial charge in [0.05, 0.1) is 6.04 Å². The number of nitrogens with two attached hydrogens (primary N) is 1. The van der Waals surface area contributed by atoms with E-state index in [1.165, 1.54) is 6.92 Å². The van der Waals surface area contributed by atoms with Crippen molar-refractivity contribution in [3.63, 3.8) is 0 Å². The predicted molar refractivity (Wildman–Crippen MR) is 57.3 cm³/mol. The maximum absolute atomic E-state index is 11.2. The number of nitrogens with one attached hydrogen (secondary N) is 1. The molecule has 1 aromatic carbocycles. The molecule has 0 unspecified atom stereocenters. The van der Waals surface area contributed by atoms with Crippen LogP contribution >= 0.6 is 0 Å². The van der Waals surface area contributed by atoms with E-state index in [0.29, 0.717) is 6.42 Å². The largest absolute Gasteiger partial charge is 0.352 e. The van der Waals surface area contributed by atoms with Gasteiger partial charge in [-0.3, -0.25) is 4.79 Å².